The highest BCUT2D eigenvalue weighted by molar-refractivity contribution is 5.98. The van der Waals surface area contributed by atoms with Gasteiger partial charge in [-0.2, -0.15) is 0 Å². The third-order valence-corrected chi connectivity index (χ3v) is 7.14. The van der Waals surface area contributed by atoms with E-state index >= 15 is 0 Å². The van der Waals surface area contributed by atoms with Gasteiger partial charge in [0.05, 0.1) is 11.0 Å². The van der Waals surface area contributed by atoms with Crippen LogP contribution >= 0.6 is 0 Å². The van der Waals surface area contributed by atoms with Crippen molar-refractivity contribution in [2.45, 2.75) is 26.8 Å². The molecular formula is C32H27N5O2. The van der Waals surface area contributed by atoms with E-state index in [9.17, 15) is 9.59 Å². The highest BCUT2D eigenvalue weighted by Crippen LogP contribution is 2.29. The predicted octanol–water partition coefficient (Wildman–Crippen LogP) is 5.86. The Bertz CT molecular complexity index is 1880. The van der Waals surface area contributed by atoms with E-state index in [0.29, 0.717) is 27.8 Å². The molecule has 192 valence electrons. The summed E-state index contributed by atoms with van der Waals surface area (Å²) in [6.45, 7) is 5.91. The van der Waals surface area contributed by atoms with Gasteiger partial charge in [-0.25, -0.2) is 4.52 Å². The molecule has 6 aromatic rings. The summed E-state index contributed by atoms with van der Waals surface area (Å²) in [6.07, 6.45) is 0. The monoisotopic (exact) mass is 513 g/mol. The van der Waals surface area contributed by atoms with Gasteiger partial charge in [0.25, 0.3) is 11.5 Å². The average molecular weight is 514 g/mol. The maximum Gasteiger partial charge on any atom is 0.280 e. The second kappa shape index (κ2) is 9.68. The van der Waals surface area contributed by atoms with E-state index in [1.54, 1.807) is 9.08 Å². The van der Waals surface area contributed by atoms with Crippen LogP contribution in [0.3, 0.4) is 0 Å². The number of nitrogens with one attached hydrogen (secondary N) is 1. The Morgan fingerprint density at radius 1 is 0.769 bits per heavy atom. The number of hydrogen-bond donors (Lipinski definition) is 1. The third kappa shape index (κ3) is 4.18. The zero-order valence-corrected chi connectivity index (χ0v) is 21.9. The summed E-state index contributed by atoms with van der Waals surface area (Å²) < 4.78 is 3.15. The number of benzene rings is 4. The van der Waals surface area contributed by atoms with Crippen molar-refractivity contribution in [3.05, 3.63) is 130 Å². The number of anilines is 1. The molecule has 7 nitrogen and oxygen atoms in total. The molecule has 0 spiro atoms. The normalized spacial score (nSPS) is 12.1. The fourth-order valence-corrected chi connectivity index (χ4v) is 5.13. The fourth-order valence-electron chi connectivity index (χ4n) is 5.13. The minimum atomic E-state index is -0.939. The van der Waals surface area contributed by atoms with Crippen LogP contribution in [0.25, 0.3) is 27.8 Å². The van der Waals surface area contributed by atoms with Crippen molar-refractivity contribution >= 4 is 28.1 Å². The van der Waals surface area contributed by atoms with Crippen molar-refractivity contribution in [1.29, 1.82) is 0 Å². The number of hydrogen-bond acceptors (Lipinski definition) is 4. The Morgan fingerprint density at radius 2 is 1.41 bits per heavy atom. The zero-order valence-electron chi connectivity index (χ0n) is 21.9. The molecule has 0 bridgehead atoms. The van der Waals surface area contributed by atoms with Crippen LogP contribution in [0.5, 0.6) is 0 Å². The molecule has 0 radical (unpaired) electrons. The maximum absolute atomic E-state index is 14.5. The van der Waals surface area contributed by atoms with Gasteiger partial charge in [0.1, 0.15) is 11.7 Å². The first kappa shape index (κ1) is 24.3. The lowest BCUT2D eigenvalue weighted by molar-refractivity contribution is -0.118. The average Bonchev–Trinajstić information content (AvgIpc) is 3.40. The Kier molecular flexibility index (Phi) is 6.04. The molecule has 0 fully saturated rings. The highest BCUT2D eigenvalue weighted by atomic mass is 16.2. The number of aryl methyl sites for hydroxylation is 3. The van der Waals surface area contributed by atoms with E-state index in [2.05, 4.69) is 15.6 Å². The van der Waals surface area contributed by atoms with E-state index in [1.807, 2.05) is 118 Å². The van der Waals surface area contributed by atoms with Gasteiger partial charge in [-0.3, -0.25) is 14.2 Å². The van der Waals surface area contributed by atoms with Crippen LogP contribution < -0.4 is 10.9 Å². The summed E-state index contributed by atoms with van der Waals surface area (Å²) in [4.78, 5) is 28.7. The molecule has 0 aliphatic rings. The lowest BCUT2D eigenvalue weighted by Gasteiger charge is -2.23. The van der Waals surface area contributed by atoms with Crippen LogP contribution in [0, 0.1) is 20.8 Å². The minimum absolute atomic E-state index is 0.304. The standard InChI is InChI=1S/C32H27N5O2/c1-20-16-18-24(19-17-20)29(31(38)33-27-21(2)10-9-11-22(27)3)36-25-14-7-8-15-26(25)37-30(32(36)39)28(34-35-37)23-12-5-4-6-13-23/h4-19,29H,1-3H3,(H,33,38). The lowest BCUT2D eigenvalue weighted by atomic mass is 10.0. The lowest BCUT2D eigenvalue weighted by Crippen LogP contribution is -2.35. The molecule has 7 heteroatoms. The van der Waals surface area contributed by atoms with E-state index in [4.69, 9.17) is 0 Å². The minimum Gasteiger partial charge on any atom is -0.323 e. The molecule has 39 heavy (non-hydrogen) atoms. The van der Waals surface area contributed by atoms with Crippen LogP contribution in [-0.2, 0) is 4.79 Å². The summed E-state index contributed by atoms with van der Waals surface area (Å²) in [5.74, 6) is -0.304. The van der Waals surface area contributed by atoms with Crippen LogP contribution in [0.2, 0.25) is 0 Å². The summed E-state index contributed by atoms with van der Waals surface area (Å²) in [5, 5.41) is 11.9. The summed E-state index contributed by atoms with van der Waals surface area (Å²) in [6, 6.07) is 29.6. The molecular weight excluding hydrogens is 486 g/mol. The number of para-hydroxylation sites is 3. The fraction of sp³-hybridized carbons (Fsp3) is 0.125. The van der Waals surface area contributed by atoms with Crippen LogP contribution in [0.4, 0.5) is 5.69 Å². The first-order chi connectivity index (χ1) is 18.9. The molecule has 4 aromatic carbocycles. The van der Waals surface area contributed by atoms with E-state index in [1.165, 1.54) is 0 Å². The van der Waals surface area contributed by atoms with Gasteiger partial charge in [-0.1, -0.05) is 95.7 Å². The Labute approximate surface area is 225 Å². The summed E-state index contributed by atoms with van der Waals surface area (Å²) >= 11 is 0. The van der Waals surface area contributed by atoms with E-state index in [0.717, 1.165) is 27.9 Å². The SMILES string of the molecule is Cc1ccc(C(C(=O)Nc2c(C)cccc2C)n2c(=O)c3c(-c4ccccc4)nnn3c3ccccc32)cc1. The topological polar surface area (TPSA) is 81.3 Å². The van der Waals surface area contributed by atoms with Gasteiger partial charge in [0, 0.05) is 11.3 Å². The smallest absolute Gasteiger partial charge is 0.280 e. The Balaban J connectivity index is 1.65. The van der Waals surface area contributed by atoms with Gasteiger partial charge in [-0.15, -0.1) is 5.10 Å². The molecule has 0 aliphatic heterocycles. The van der Waals surface area contributed by atoms with Crippen molar-refractivity contribution in [2.24, 2.45) is 0 Å². The molecule has 1 unspecified atom stereocenters. The van der Waals surface area contributed by atoms with E-state index < -0.39 is 6.04 Å². The number of aromatic nitrogens is 4. The van der Waals surface area contributed by atoms with Gasteiger partial charge >= 0.3 is 0 Å². The molecule has 1 N–H and O–H groups in total. The number of carbonyl (C=O) groups excluding carboxylic acids is 1. The number of amides is 1. The molecule has 0 saturated carbocycles. The zero-order chi connectivity index (χ0) is 27.1. The van der Waals surface area contributed by atoms with Crippen molar-refractivity contribution in [3.63, 3.8) is 0 Å². The maximum atomic E-state index is 14.5. The van der Waals surface area contributed by atoms with Gasteiger partial charge in [0.2, 0.25) is 0 Å². The van der Waals surface area contributed by atoms with Crippen LogP contribution in [0.1, 0.15) is 28.3 Å². The highest BCUT2D eigenvalue weighted by Gasteiger charge is 2.29. The molecule has 0 aliphatic carbocycles. The summed E-state index contributed by atoms with van der Waals surface area (Å²) in [5.41, 5.74) is 6.89. The second-order valence-electron chi connectivity index (χ2n) is 9.80. The van der Waals surface area contributed by atoms with Crippen molar-refractivity contribution in [1.82, 2.24) is 19.4 Å². The number of carbonyl (C=O) groups is 1. The molecule has 0 saturated heterocycles. The number of nitrogens with zero attached hydrogens (tertiary/aromatic N) is 4. The van der Waals surface area contributed by atoms with Crippen molar-refractivity contribution in [3.8, 4) is 11.3 Å². The largest absolute Gasteiger partial charge is 0.323 e. The molecule has 2 heterocycles. The first-order valence-electron chi connectivity index (χ1n) is 12.8. The van der Waals surface area contributed by atoms with Gasteiger partial charge in [0.15, 0.2) is 5.52 Å². The van der Waals surface area contributed by atoms with Crippen LogP contribution in [-0.4, -0.2) is 25.3 Å². The molecule has 1 amide bonds. The van der Waals surface area contributed by atoms with Gasteiger partial charge < -0.3 is 5.32 Å². The Morgan fingerprint density at radius 3 is 2.10 bits per heavy atom. The first-order valence-corrected chi connectivity index (χ1v) is 12.8. The number of rotatable bonds is 5. The van der Waals surface area contributed by atoms with Crippen molar-refractivity contribution in [2.75, 3.05) is 5.32 Å². The number of fused-ring (bicyclic) bond motifs is 3. The quantitative estimate of drug-likeness (QED) is 0.313. The third-order valence-electron chi connectivity index (χ3n) is 7.14. The van der Waals surface area contributed by atoms with Gasteiger partial charge in [-0.05, 0) is 49.6 Å². The van der Waals surface area contributed by atoms with Crippen LogP contribution in [0.15, 0.2) is 102 Å². The Hall–Kier alpha value is -5.04. The second-order valence-corrected chi connectivity index (χ2v) is 9.80. The van der Waals surface area contributed by atoms with Crippen molar-refractivity contribution < 1.29 is 4.79 Å². The molecule has 1 atom stereocenters. The molecule has 2 aromatic heterocycles. The summed E-state index contributed by atoms with van der Waals surface area (Å²) in [7, 11) is 0. The van der Waals surface area contributed by atoms with E-state index in [-0.39, 0.29) is 11.5 Å². The predicted molar refractivity (Wildman–Crippen MR) is 154 cm³/mol. The molecule has 6 rings (SSSR count).